The molecule has 2 amide bonds. The zero-order valence-electron chi connectivity index (χ0n) is 22.1. The van der Waals surface area contributed by atoms with Crippen LogP contribution < -0.4 is 10.6 Å². The van der Waals surface area contributed by atoms with Gasteiger partial charge in [0, 0.05) is 12.1 Å². The van der Waals surface area contributed by atoms with E-state index in [1.165, 1.54) is 12.7 Å². The van der Waals surface area contributed by atoms with E-state index in [9.17, 15) is 14.3 Å². The van der Waals surface area contributed by atoms with E-state index < -0.39 is 44.5 Å². The molecule has 4 heterocycles. The van der Waals surface area contributed by atoms with Crippen molar-refractivity contribution < 1.29 is 33.0 Å². The Labute approximate surface area is 235 Å². The molecule has 13 nitrogen and oxygen atoms in total. The minimum atomic E-state index is -3.98. The van der Waals surface area contributed by atoms with E-state index >= 15 is 0 Å². The summed E-state index contributed by atoms with van der Waals surface area (Å²) in [5.41, 5.74) is 2.27. The van der Waals surface area contributed by atoms with Crippen LogP contribution in [0.3, 0.4) is 0 Å². The number of rotatable bonds is 9. The van der Waals surface area contributed by atoms with Crippen LogP contribution in [0.25, 0.3) is 11.2 Å². The molecule has 4 aromatic rings. The summed E-state index contributed by atoms with van der Waals surface area (Å²) in [6, 6.07) is 18.0. The number of benzene rings is 2. The van der Waals surface area contributed by atoms with Gasteiger partial charge >= 0.3 is 13.6 Å². The maximum absolute atomic E-state index is 12.9. The van der Waals surface area contributed by atoms with Gasteiger partial charge in [-0.2, -0.15) is 0 Å². The van der Waals surface area contributed by atoms with E-state index in [1.807, 2.05) is 43.3 Å². The van der Waals surface area contributed by atoms with Gasteiger partial charge in [-0.15, -0.1) is 0 Å². The molecule has 214 valence electrons. The predicted octanol–water partition coefficient (Wildman–Crippen LogP) is 3.75. The molecule has 6 rings (SSSR count). The number of nitrogens with one attached hydrogen (secondary N) is 2. The Morgan fingerprint density at radius 3 is 2.51 bits per heavy atom. The zero-order valence-corrected chi connectivity index (χ0v) is 23.0. The van der Waals surface area contributed by atoms with Crippen LogP contribution >= 0.6 is 7.60 Å². The summed E-state index contributed by atoms with van der Waals surface area (Å²) < 4.78 is 39.1. The Morgan fingerprint density at radius 1 is 1.02 bits per heavy atom. The summed E-state index contributed by atoms with van der Waals surface area (Å²) >= 11 is 0. The first-order valence-electron chi connectivity index (χ1n) is 13.2. The summed E-state index contributed by atoms with van der Waals surface area (Å²) in [5.74, 6) is 0.238. The Bertz CT molecular complexity index is 1560. The molecule has 2 aromatic carbocycles. The van der Waals surface area contributed by atoms with Crippen LogP contribution in [0, 0.1) is 0 Å². The summed E-state index contributed by atoms with van der Waals surface area (Å²) in [6.45, 7) is 2.05. The summed E-state index contributed by atoms with van der Waals surface area (Å²) in [7, 11) is -3.98. The number of imidazole rings is 1. The number of aromatic nitrogens is 4. The van der Waals surface area contributed by atoms with E-state index in [4.69, 9.17) is 18.7 Å². The van der Waals surface area contributed by atoms with Crippen molar-refractivity contribution in [3.05, 3.63) is 84.4 Å². The van der Waals surface area contributed by atoms with Crippen LogP contribution in [0.4, 0.5) is 10.6 Å². The van der Waals surface area contributed by atoms with Gasteiger partial charge in [0.15, 0.2) is 29.5 Å². The third-order valence-corrected chi connectivity index (χ3v) is 8.10. The van der Waals surface area contributed by atoms with Gasteiger partial charge in [-0.25, -0.2) is 19.7 Å². The minimum absolute atomic E-state index is 0.132. The Morgan fingerprint density at radius 2 is 1.76 bits per heavy atom. The number of carbonyl (C=O) groups is 1. The van der Waals surface area contributed by atoms with Crippen molar-refractivity contribution in [2.75, 3.05) is 18.5 Å². The van der Waals surface area contributed by atoms with E-state index in [1.54, 1.807) is 28.8 Å². The van der Waals surface area contributed by atoms with Gasteiger partial charge in [0.25, 0.3) is 0 Å². The largest absolute Gasteiger partial charge is 0.347 e. The zero-order chi connectivity index (χ0) is 28.4. The Balaban J connectivity index is 1.26. The SMILES string of the molecule is CCNC(=O)Nc1ncnc2c1ncn2[C@@H]1O[C@H](COP(=O)(O)Cc2ccccc2)[C@@H]2O[C@H](c3ccccc3)O[C@@H]21. The van der Waals surface area contributed by atoms with Gasteiger partial charge in [0.2, 0.25) is 0 Å². The average Bonchev–Trinajstić information content (AvgIpc) is 3.67. The number of carbonyl (C=O) groups excluding carboxylic acids is 1. The number of amides is 2. The van der Waals surface area contributed by atoms with Crippen molar-refractivity contribution in [3.8, 4) is 0 Å². The van der Waals surface area contributed by atoms with E-state index in [0.717, 1.165) is 5.56 Å². The van der Waals surface area contributed by atoms with Crippen LogP contribution in [0.15, 0.2) is 73.3 Å². The molecule has 2 aliphatic heterocycles. The molecular weight excluding hydrogens is 551 g/mol. The van der Waals surface area contributed by atoms with Gasteiger partial charge in [-0.05, 0) is 12.5 Å². The quantitative estimate of drug-likeness (QED) is 0.249. The first-order chi connectivity index (χ1) is 19.9. The second-order valence-electron chi connectivity index (χ2n) is 9.62. The lowest BCUT2D eigenvalue weighted by Crippen LogP contribution is -2.31. The van der Waals surface area contributed by atoms with Crippen LogP contribution in [0.2, 0.25) is 0 Å². The lowest BCUT2D eigenvalue weighted by molar-refractivity contribution is -0.152. The summed E-state index contributed by atoms with van der Waals surface area (Å²) in [6.07, 6.45) is -0.689. The molecule has 1 unspecified atom stereocenters. The van der Waals surface area contributed by atoms with Gasteiger partial charge in [0.05, 0.1) is 19.1 Å². The molecule has 2 aromatic heterocycles. The minimum Gasteiger partial charge on any atom is -0.347 e. The maximum Gasteiger partial charge on any atom is 0.332 e. The molecule has 0 bridgehead atoms. The highest BCUT2D eigenvalue weighted by Gasteiger charge is 2.54. The van der Waals surface area contributed by atoms with Gasteiger partial charge < -0.3 is 28.9 Å². The number of hydrogen-bond donors (Lipinski definition) is 3. The van der Waals surface area contributed by atoms with E-state index in [-0.39, 0.29) is 18.6 Å². The van der Waals surface area contributed by atoms with Crippen LogP contribution in [-0.2, 0) is 29.5 Å². The van der Waals surface area contributed by atoms with Gasteiger partial charge in [-0.3, -0.25) is 14.4 Å². The molecule has 0 aliphatic carbocycles. The molecular formula is C27H29N6O7P. The molecule has 0 saturated carbocycles. The fraction of sp³-hybridized carbons (Fsp3) is 0.333. The lowest BCUT2D eigenvalue weighted by atomic mass is 10.1. The number of fused-ring (bicyclic) bond motifs is 2. The van der Waals surface area contributed by atoms with Crippen LogP contribution in [-0.4, -0.2) is 61.9 Å². The fourth-order valence-electron chi connectivity index (χ4n) is 4.95. The Kier molecular flexibility index (Phi) is 7.80. The standard InChI is InChI=1S/C27H29N6O7P/c1-2-28-27(34)32-23-20-24(30-15-29-23)33(16-31-20)25-22-21(39-26(40-22)18-11-7-4-8-12-18)19(38-25)13-37-41(35,36)14-17-9-5-3-6-10-17/h3-12,15-16,19,21-22,25-26H,2,13-14H2,1H3,(H,35,36)(H2,28,29,30,32,34)/t19-,21+,22+,25-,26+/m1/s1. The van der Waals surface area contributed by atoms with Crippen LogP contribution in [0.5, 0.6) is 0 Å². The maximum atomic E-state index is 12.9. The second kappa shape index (κ2) is 11.6. The molecule has 2 aliphatic rings. The first kappa shape index (κ1) is 27.5. The Hall–Kier alpha value is -3.71. The average molecular weight is 581 g/mol. The highest BCUT2D eigenvalue weighted by Crippen LogP contribution is 2.49. The predicted molar refractivity (Wildman–Crippen MR) is 147 cm³/mol. The summed E-state index contributed by atoms with van der Waals surface area (Å²) in [5, 5.41) is 5.33. The van der Waals surface area contributed by atoms with Crippen LogP contribution in [0.1, 0.15) is 30.6 Å². The normalized spacial score (nSPS) is 25.1. The molecule has 6 atom stereocenters. The highest BCUT2D eigenvalue weighted by molar-refractivity contribution is 7.51. The van der Waals surface area contributed by atoms with Crippen molar-refractivity contribution in [3.63, 3.8) is 0 Å². The number of nitrogens with zero attached hydrogens (tertiary/aromatic N) is 4. The van der Waals surface area contributed by atoms with Crippen molar-refractivity contribution in [2.45, 2.75) is 43.9 Å². The second-order valence-corrected chi connectivity index (χ2v) is 11.5. The monoisotopic (exact) mass is 580 g/mol. The molecule has 3 N–H and O–H groups in total. The third-order valence-electron chi connectivity index (χ3n) is 6.79. The molecule has 14 heteroatoms. The number of hydrogen-bond acceptors (Lipinski definition) is 9. The fourth-order valence-corrected chi connectivity index (χ4v) is 6.10. The van der Waals surface area contributed by atoms with Crippen molar-refractivity contribution >= 4 is 30.6 Å². The number of ether oxygens (including phenoxy) is 3. The summed E-state index contributed by atoms with van der Waals surface area (Å²) in [4.78, 5) is 35.6. The van der Waals surface area contributed by atoms with Gasteiger partial charge in [0.1, 0.15) is 24.6 Å². The topological polar surface area (TPSA) is 159 Å². The van der Waals surface area contributed by atoms with Crippen molar-refractivity contribution in [1.82, 2.24) is 24.8 Å². The van der Waals surface area contributed by atoms with E-state index in [0.29, 0.717) is 23.3 Å². The first-order valence-corrected chi connectivity index (χ1v) is 14.9. The highest BCUT2D eigenvalue weighted by atomic mass is 31.2. The lowest BCUT2D eigenvalue weighted by Gasteiger charge is -2.22. The molecule has 2 saturated heterocycles. The van der Waals surface area contributed by atoms with Gasteiger partial charge in [-0.1, -0.05) is 60.7 Å². The van der Waals surface area contributed by atoms with Crippen molar-refractivity contribution in [2.24, 2.45) is 0 Å². The smallest absolute Gasteiger partial charge is 0.332 e. The number of urea groups is 1. The van der Waals surface area contributed by atoms with E-state index in [2.05, 4.69) is 25.6 Å². The molecule has 41 heavy (non-hydrogen) atoms. The third kappa shape index (κ3) is 5.87. The van der Waals surface area contributed by atoms with Crippen molar-refractivity contribution in [1.29, 1.82) is 0 Å². The molecule has 0 radical (unpaired) electrons. The molecule has 2 fully saturated rings. The molecule has 0 spiro atoms. The number of anilines is 1.